The fourth-order valence-electron chi connectivity index (χ4n) is 3.66. The molecule has 0 saturated heterocycles. The molecule has 2 N–H and O–H groups in total. The molecule has 0 spiro atoms. The normalized spacial score (nSPS) is 20.0. The molecule has 1 atom stereocenters. The number of methoxy groups -OCH3 is 2. The van der Waals surface area contributed by atoms with E-state index in [1.807, 2.05) is 0 Å². The summed E-state index contributed by atoms with van der Waals surface area (Å²) in [5.74, 6) is 1.02. The Bertz CT molecular complexity index is 883. The molecule has 1 aromatic carbocycles. The number of ketones is 1. The van der Waals surface area contributed by atoms with Crippen molar-refractivity contribution in [3.05, 3.63) is 44.8 Å². The van der Waals surface area contributed by atoms with Crippen LogP contribution in [0.4, 0.5) is 0 Å². The number of hydrogen-bond donors (Lipinski definition) is 1. The molecule has 0 bridgehead atoms. The van der Waals surface area contributed by atoms with Crippen LogP contribution >= 0.6 is 15.9 Å². The molecule has 7 heteroatoms. The van der Waals surface area contributed by atoms with Crippen molar-refractivity contribution < 1.29 is 14.3 Å². The number of nitrogens with zero attached hydrogens (tertiary/aromatic N) is 2. The highest BCUT2D eigenvalue weighted by Crippen LogP contribution is 2.48. The summed E-state index contributed by atoms with van der Waals surface area (Å²) >= 11 is 3.56. The number of Topliss-reactive ketones (excluding diaryl/α,β-unsaturated/α-hetero) is 1. The maximum absolute atomic E-state index is 12.8. The van der Waals surface area contributed by atoms with E-state index < -0.39 is 5.92 Å². The maximum Gasteiger partial charge on any atom is 0.161 e. The van der Waals surface area contributed by atoms with Crippen LogP contribution in [-0.4, -0.2) is 32.0 Å². The van der Waals surface area contributed by atoms with E-state index in [4.69, 9.17) is 15.2 Å². The number of ether oxygens (including phenoxy) is 2. The van der Waals surface area contributed by atoms with E-state index in [-0.39, 0.29) is 5.78 Å². The average Bonchev–Trinajstić information content (AvgIpc) is 2.64. The topological polar surface area (TPSA) is 88.6 Å². The fourth-order valence-corrected chi connectivity index (χ4v) is 4.22. The third-order valence-corrected chi connectivity index (χ3v) is 5.67. The van der Waals surface area contributed by atoms with Crippen LogP contribution in [-0.2, 0) is 4.79 Å². The van der Waals surface area contributed by atoms with E-state index >= 15 is 0 Å². The maximum atomic E-state index is 12.8. The van der Waals surface area contributed by atoms with E-state index in [9.17, 15) is 10.1 Å². The Kier molecular flexibility index (Phi) is 4.97. The van der Waals surface area contributed by atoms with Gasteiger partial charge in [0, 0.05) is 29.2 Å². The summed E-state index contributed by atoms with van der Waals surface area (Å²) in [6, 6.07) is 5.80. The highest BCUT2D eigenvalue weighted by atomic mass is 79.9. The lowest BCUT2D eigenvalue weighted by Gasteiger charge is -2.38. The molecule has 0 aromatic heterocycles. The van der Waals surface area contributed by atoms with Crippen molar-refractivity contribution in [1.29, 1.82) is 5.26 Å². The van der Waals surface area contributed by atoms with Gasteiger partial charge in [0.15, 0.2) is 17.3 Å². The van der Waals surface area contributed by atoms with Gasteiger partial charge in [0.1, 0.15) is 5.82 Å². The zero-order valence-electron chi connectivity index (χ0n) is 14.9. The van der Waals surface area contributed by atoms with Gasteiger partial charge >= 0.3 is 0 Å². The number of carbonyl (C=O) groups is 1. The Morgan fingerprint density at radius 1 is 1.27 bits per heavy atom. The molecule has 1 aromatic rings. The number of nitriles is 1. The molecule has 2 aliphatic rings. The predicted molar refractivity (Wildman–Crippen MR) is 100 cm³/mol. The summed E-state index contributed by atoms with van der Waals surface area (Å²) in [6.07, 6.45) is 2.03. The summed E-state index contributed by atoms with van der Waals surface area (Å²) < 4.78 is 11.5. The summed E-state index contributed by atoms with van der Waals surface area (Å²) in [4.78, 5) is 14.6. The van der Waals surface area contributed by atoms with Gasteiger partial charge in [-0.2, -0.15) is 5.26 Å². The lowest BCUT2D eigenvalue weighted by atomic mass is 9.76. The molecular weight excluding hydrogens is 398 g/mol. The summed E-state index contributed by atoms with van der Waals surface area (Å²) in [5.41, 5.74) is 8.93. The number of halogens is 1. The van der Waals surface area contributed by atoms with Crippen LogP contribution in [0.15, 0.2) is 39.3 Å². The molecule has 26 heavy (non-hydrogen) atoms. The van der Waals surface area contributed by atoms with Gasteiger partial charge in [-0.25, -0.2) is 0 Å². The minimum atomic E-state index is -0.520. The van der Waals surface area contributed by atoms with Crippen LogP contribution < -0.4 is 15.2 Å². The molecule has 1 aliphatic carbocycles. The minimum Gasteiger partial charge on any atom is -0.493 e. The standard InChI is InChI=1S/C19H20BrN3O3/c1-23-13-5-4-6-14(24)18(13)17(11(9-21)19(23)22)10-7-15(25-2)16(26-3)8-12(10)20/h7-8,17H,4-6,22H2,1-3H3/t17-/m0/s1. The summed E-state index contributed by atoms with van der Waals surface area (Å²) in [6.45, 7) is 0. The van der Waals surface area contributed by atoms with Crippen molar-refractivity contribution in [3.8, 4) is 17.6 Å². The zero-order chi connectivity index (χ0) is 19.0. The SMILES string of the molecule is COc1cc(Br)c([C@H]2C(C#N)=C(N)N(C)C3=C2C(=O)CCC3)cc1OC. The quantitative estimate of drug-likeness (QED) is 0.811. The van der Waals surface area contributed by atoms with Gasteiger partial charge < -0.3 is 20.1 Å². The van der Waals surface area contributed by atoms with Crippen LogP contribution in [0.2, 0.25) is 0 Å². The van der Waals surface area contributed by atoms with Crippen LogP contribution in [0, 0.1) is 11.3 Å². The van der Waals surface area contributed by atoms with Crippen LogP contribution in [0.1, 0.15) is 30.7 Å². The Labute approximate surface area is 161 Å². The molecule has 0 saturated carbocycles. The van der Waals surface area contributed by atoms with Crippen LogP contribution in [0.3, 0.4) is 0 Å². The summed E-state index contributed by atoms with van der Waals surface area (Å²) in [5, 5.41) is 9.79. The first-order valence-electron chi connectivity index (χ1n) is 8.25. The lowest BCUT2D eigenvalue weighted by molar-refractivity contribution is -0.116. The van der Waals surface area contributed by atoms with Crippen molar-refractivity contribution in [2.75, 3.05) is 21.3 Å². The Morgan fingerprint density at radius 2 is 1.92 bits per heavy atom. The molecule has 3 rings (SSSR count). The first-order valence-corrected chi connectivity index (χ1v) is 9.05. The second-order valence-electron chi connectivity index (χ2n) is 6.27. The highest BCUT2D eigenvalue weighted by molar-refractivity contribution is 9.10. The number of rotatable bonds is 3. The van der Waals surface area contributed by atoms with Gasteiger partial charge in [0.05, 0.1) is 31.8 Å². The van der Waals surface area contributed by atoms with Crippen molar-refractivity contribution >= 4 is 21.7 Å². The molecule has 0 radical (unpaired) electrons. The molecular formula is C19H20BrN3O3. The molecule has 1 heterocycles. The van der Waals surface area contributed by atoms with E-state index in [0.29, 0.717) is 34.9 Å². The Morgan fingerprint density at radius 3 is 2.54 bits per heavy atom. The van der Waals surface area contributed by atoms with Gasteiger partial charge in [-0.05, 0) is 30.5 Å². The Balaban J connectivity index is 2.28. The van der Waals surface area contributed by atoms with E-state index in [0.717, 1.165) is 28.6 Å². The van der Waals surface area contributed by atoms with E-state index in [2.05, 4.69) is 22.0 Å². The molecule has 0 amide bonds. The number of carbonyl (C=O) groups excluding carboxylic acids is 1. The van der Waals surface area contributed by atoms with Gasteiger partial charge in [-0.15, -0.1) is 0 Å². The molecule has 0 fully saturated rings. The van der Waals surface area contributed by atoms with Gasteiger partial charge in [-0.1, -0.05) is 15.9 Å². The highest BCUT2D eigenvalue weighted by Gasteiger charge is 2.39. The minimum absolute atomic E-state index is 0.0602. The first-order chi connectivity index (χ1) is 12.4. The molecule has 1 aliphatic heterocycles. The van der Waals surface area contributed by atoms with Crippen molar-refractivity contribution in [2.45, 2.75) is 25.2 Å². The Hall–Kier alpha value is -2.46. The smallest absolute Gasteiger partial charge is 0.161 e. The first kappa shape index (κ1) is 18.3. The zero-order valence-corrected chi connectivity index (χ0v) is 16.5. The van der Waals surface area contributed by atoms with E-state index in [1.165, 1.54) is 0 Å². The number of allylic oxidation sites excluding steroid dienone is 3. The van der Waals surface area contributed by atoms with Gasteiger partial charge in [-0.3, -0.25) is 4.79 Å². The van der Waals surface area contributed by atoms with Crippen LogP contribution in [0.25, 0.3) is 0 Å². The third-order valence-electron chi connectivity index (χ3n) is 4.98. The largest absolute Gasteiger partial charge is 0.493 e. The number of benzene rings is 1. The average molecular weight is 418 g/mol. The van der Waals surface area contributed by atoms with Crippen molar-refractivity contribution in [3.63, 3.8) is 0 Å². The lowest BCUT2D eigenvalue weighted by Crippen LogP contribution is -2.36. The van der Waals surface area contributed by atoms with E-state index in [1.54, 1.807) is 38.3 Å². The summed E-state index contributed by atoms with van der Waals surface area (Å²) in [7, 11) is 4.92. The molecule has 136 valence electrons. The predicted octanol–water partition coefficient (Wildman–Crippen LogP) is 3.20. The van der Waals surface area contributed by atoms with Gasteiger partial charge in [0.25, 0.3) is 0 Å². The molecule has 0 unspecified atom stereocenters. The molecule has 6 nitrogen and oxygen atoms in total. The monoisotopic (exact) mass is 417 g/mol. The third kappa shape index (κ3) is 2.74. The fraction of sp³-hybridized carbons (Fsp3) is 0.368. The second-order valence-corrected chi connectivity index (χ2v) is 7.12. The second kappa shape index (κ2) is 7.04. The van der Waals surface area contributed by atoms with Gasteiger partial charge in [0.2, 0.25) is 0 Å². The number of hydrogen-bond acceptors (Lipinski definition) is 6. The van der Waals surface area contributed by atoms with Crippen molar-refractivity contribution in [2.24, 2.45) is 5.73 Å². The van der Waals surface area contributed by atoms with Crippen molar-refractivity contribution in [1.82, 2.24) is 4.90 Å². The van der Waals surface area contributed by atoms with Crippen LogP contribution in [0.5, 0.6) is 11.5 Å². The number of nitrogens with two attached hydrogens (primary N) is 1.